The molecular formula is C34H27B2NS. The number of para-hydroxylation sites is 1. The summed E-state index contributed by atoms with van der Waals surface area (Å²) in [6.07, 6.45) is 6.56. The van der Waals surface area contributed by atoms with Crippen molar-refractivity contribution in [3.05, 3.63) is 125 Å². The lowest BCUT2D eigenvalue weighted by atomic mass is 9.17. The molecule has 0 saturated heterocycles. The molecule has 0 unspecified atom stereocenters. The molecule has 0 N–H and O–H groups in total. The van der Waals surface area contributed by atoms with Gasteiger partial charge in [0.25, 0.3) is 0 Å². The predicted octanol–water partition coefficient (Wildman–Crippen LogP) is 5.21. The fourth-order valence-electron chi connectivity index (χ4n) is 7.67. The van der Waals surface area contributed by atoms with E-state index >= 15 is 0 Å². The Morgan fingerprint density at radius 3 is 2.26 bits per heavy atom. The lowest BCUT2D eigenvalue weighted by Crippen LogP contribution is -2.78. The van der Waals surface area contributed by atoms with Crippen molar-refractivity contribution < 1.29 is 0 Å². The minimum Gasteiger partial charge on any atom is -0.312 e. The summed E-state index contributed by atoms with van der Waals surface area (Å²) < 4.78 is 0. The van der Waals surface area contributed by atoms with Crippen molar-refractivity contribution in [2.75, 3.05) is 4.90 Å². The van der Waals surface area contributed by atoms with Crippen LogP contribution in [0.25, 0.3) is 0 Å². The van der Waals surface area contributed by atoms with Gasteiger partial charge in [-0.25, -0.2) is 0 Å². The first-order valence-corrected chi connectivity index (χ1v) is 14.3. The van der Waals surface area contributed by atoms with E-state index in [0.717, 1.165) is 0 Å². The molecule has 38 heavy (non-hydrogen) atoms. The van der Waals surface area contributed by atoms with Gasteiger partial charge >= 0.3 is 0 Å². The second-order valence-electron chi connectivity index (χ2n) is 11.2. The van der Waals surface area contributed by atoms with Crippen molar-refractivity contribution in [1.82, 2.24) is 0 Å². The average molecular weight is 503 g/mol. The number of benzene rings is 4. The summed E-state index contributed by atoms with van der Waals surface area (Å²) in [5.74, 6) is 0. The fourth-order valence-corrected chi connectivity index (χ4v) is 8.76. The van der Waals surface area contributed by atoms with Crippen LogP contribution in [0.2, 0.25) is 0 Å². The molecule has 1 nitrogen and oxygen atoms in total. The van der Waals surface area contributed by atoms with E-state index in [1.807, 2.05) is 11.8 Å². The fraction of sp³-hybridized carbons (Fsp3) is 0.118. The maximum atomic E-state index is 4.23. The SMILES string of the molecule is C=CC1=C(/C=C\C)B2c3cccc4c3B3c5c(cccc5C(C)(C)c5ccc(c2c53)S1)N4c1ccccc1. The molecule has 4 heterocycles. The third kappa shape index (κ3) is 2.62. The molecule has 0 aromatic heterocycles. The molecule has 180 valence electrons. The highest BCUT2D eigenvalue weighted by molar-refractivity contribution is 8.03. The van der Waals surface area contributed by atoms with Gasteiger partial charge < -0.3 is 4.90 Å². The lowest BCUT2D eigenvalue weighted by Gasteiger charge is -2.50. The normalized spacial score (nSPS) is 17.2. The molecule has 8 rings (SSSR count). The van der Waals surface area contributed by atoms with E-state index < -0.39 is 0 Å². The van der Waals surface area contributed by atoms with Gasteiger partial charge in [-0.1, -0.05) is 121 Å². The maximum Gasteiger partial charge on any atom is 0.246 e. The summed E-state index contributed by atoms with van der Waals surface area (Å²) in [6, 6.07) is 29.7. The van der Waals surface area contributed by atoms with Gasteiger partial charge in [0, 0.05) is 32.3 Å². The predicted molar refractivity (Wildman–Crippen MR) is 167 cm³/mol. The zero-order valence-corrected chi connectivity index (χ0v) is 22.8. The molecule has 0 atom stereocenters. The summed E-state index contributed by atoms with van der Waals surface area (Å²) in [6.45, 7) is 11.6. The largest absolute Gasteiger partial charge is 0.312 e. The second-order valence-corrected chi connectivity index (χ2v) is 12.3. The van der Waals surface area contributed by atoms with Gasteiger partial charge in [0.05, 0.1) is 0 Å². The zero-order chi connectivity index (χ0) is 25.8. The molecular weight excluding hydrogens is 476 g/mol. The molecule has 4 aromatic rings. The molecule has 4 heteroatoms. The molecule has 0 fully saturated rings. The minimum atomic E-state index is -0.0866. The lowest BCUT2D eigenvalue weighted by molar-refractivity contribution is 0.646. The van der Waals surface area contributed by atoms with Crippen LogP contribution in [0, 0.1) is 0 Å². The standard InChI is InChI=1S/C34H27B2NS/c1-5-12-24-28(6-2)38-29-20-19-23-31-33(29)35(24)25-16-11-18-27-32(25)36(31)30-22(34(23,3)4)15-10-17-26(30)37(27)21-13-8-7-9-14-21/h5-20H,2H2,1,3-4H3/b12-5-. The van der Waals surface area contributed by atoms with Gasteiger partial charge in [0.15, 0.2) is 0 Å². The van der Waals surface area contributed by atoms with Crippen molar-refractivity contribution in [3.63, 3.8) is 0 Å². The van der Waals surface area contributed by atoms with E-state index in [0.29, 0.717) is 0 Å². The highest BCUT2D eigenvalue weighted by atomic mass is 32.2. The van der Waals surface area contributed by atoms with Gasteiger partial charge in [-0.05, 0) is 59.3 Å². The van der Waals surface area contributed by atoms with Gasteiger partial charge in [-0.15, -0.1) is 0 Å². The first-order chi connectivity index (χ1) is 18.6. The molecule has 0 spiro atoms. The molecule has 4 aliphatic heterocycles. The highest BCUT2D eigenvalue weighted by Crippen LogP contribution is 2.44. The highest BCUT2D eigenvalue weighted by Gasteiger charge is 2.53. The van der Waals surface area contributed by atoms with Gasteiger partial charge in [-0.3, -0.25) is 0 Å². The minimum absolute atomic E-state index is 0.0866. The van der Waals surface area contributed by atoms with Crippen molar-refractivity contribution in [3.8, 4) is 0 Å². The maximum absolute atomic E-state index is 4.23. The van der Waals surface area contributed by atoms with Crippen LogP contribution in [0.4, 0.5) is 17.1 Å². The van der Waals surface area contributed by atoms with Crippen LogP contribution in [0.3, 0.4) is 0 Å². The van der Waals surface area contributed by atoms with Crippen LogP contribution >= 0.6 is 11.8 Å². The van der Waals surface area contributed by atoms with E-state index in [2.05, 4.69) is 129 Å². The summed E-state index contributed by atoms with van der Waals surface area (Å²) in [7, 11) is 0. The number of rotatable bonds is 3. The smallest absolute Gasteiger partial charge is 0.246 e. The monoisotopic (exact) mass is 503 g/mol. The van der Waals surface area contributed by atoms with Gasteiger partial charge in [0.2, 0.25) is 13.4 Å². The van der Waals surface area contributed by atoms with Crippen LogP contribution in [-0.2, 0) is 5.41 Å². The average Bonchev–Trinajstić information content (AvgIpc) is 2.94. The first-order valence-electron chi connectivity index (χ1n) is 13.5. The molecule has 4 aliphatic rings. The van der Waals surface area contributed by atoms with E-state index in [-0.39, 0.29) is 18.8 Å². The first kappa shape index (κ1) is 22.4. The van der Waals surface area contributed by atoms with E-state index in [1.165, 1.54) is 65.3 Å². The topological polar surface area (TPSA) is 3.24 Å². The summed E-state index contributed by atoms with van der Waals surface area (Å²) in [5, 5.41) is 0. The molecule has 0 saturated carbocycles. The Morgan fingerprint density at radius 1 is 0.763 bits per heavy atom. The summed E-state index contributed by atoms with van der Waals surface area (Å²) >= 11 is 1.89. The number of hydrogen-bond acceptors (Lipinski definition) is 2. The number of hydrogen-bond donors (Lipinski definition) is 0. The zero-order valence-electron chi connectivity index (χ0n) is 22.0. The number of allylic oxidation sites excluding steroid dienone is 4. The Morgan fingerprint density at radius 2 is 1.50 bits per heavy atom. The van der Waals surface area contributed by atoms with Crippen LogP contribution in [0.5, 0.6) is 0 Å². The second kappa shape index (κ2) is 7.71. The molecule has 4 aromatic carbocycles. The van der Waals surface area contributed by atoms with E-state index in [9.17, 15) is 0 Å². The van der Waals surface area contributed by atoms with Crippen LogP contribution in [0.1, 0.15) is 31.9 Å². The van der Waals surface area contributed by atoms with Crippen molar-refractivity contribution in [2.45, 2.75) is 31.1 Å². The third-order valence-corrected chi connectivity index (χ3v) is 10.3. The molecule has 0 bridgehead atoms. The Balaban J connectivity index is 1.56. The Hall–Kier alpha value is -3.62. The molecule has 0 amide bonds. The summed E-state index contributed by atoms with van der Waals surface area (Å²) in [5.41, 5.74) is 15.5. The quantitative estimate of drug-likeness (QED) is 0.311. The van der Waals surface area contributed by atoms with Crippen molar-refractivity contribution in [1.29, 1.82) is 0 Å². The number of fused-ring (bicyclic) bond motifs is 1. The van der Waals surface area contributed by atoms with E-state index in [1.54, 1.807) is 5.46 Å². The van der Waals surface area contributed by atoms with Gasteiger partial charge in [-0.2, -0.15) is 0 Å². The third-order valence-electron chi connectivity index (χ3n) is 9.10. The number of anilines is 3. The number of thioether (sulfide) groups is 1. The van der Waals surface area contributed by atoms with E-state index in [4.69, 9.17) is 0 Å². The van der Waals surface area contributed by atoms with Crippen LogP contribution in [-0.4, -0.2) is 13.4 Å². The summed E-state index contributed by atoms with van der Waals surface area (Å²) in [4.78, 5) is 5.16. The van der Waals surface area contributed by atoms with Gasteiger partial charge in [0.1, 0.15) is 0 Å². The van der Waals surface area contributed by atoms with Crippen molar-refractivity contribution >= 4 is 69.6 Å². The Labute approximate surface area is 230 Å². The van der Waals surface area contributed by atoms with Crippen molar-refractivity contribution in [2.24, 2.45) is 0 Å². The van der Waals surface area contributed by atoms with Crippen LogP contribution in [0.15, 0.2) is 119 Å². The Kier molecular flexibility index (Phi) is 4.54. The number of nitrogens with zero attached hydrogens (tertiary/aromatic N) is 1. The van der Waals surface area contributed by atoms with Crippen LogP contribution < -0.4 is 32.2 Å². The molecule has 0 aliphatic carbocycles. The molecule has 0 radical (unpaired) electrons. The Bertz CT molecular complexity index is 1770.